The van der Waals surface area contributed by atoms with Crippen LogP contribution in [-0.2, 0) is 17.1 Å². The fourth-order valence-corrected chi connectivity index (χ4v) is 0. The van der Waals surface area contributed by atoms with E-state index >= 15 is 0 Å². The molecule has 0 bridgehead atoms. The Bertz CT molecular complexity index is 97.3. The van der Waals surface area contributed by atoms with Gasteiger partial charge in [-0.3, -0.25) is 0 Å². The van der Waals surface area contributed by atoms with Gasteiger partial charge in [0.2, 0.25) is 0 Å². The quantitative estimate of drug-likeness (QED) is 0.572. The average Bonchev–Trinajstić information content (AvgIpc) is 2.33. The van der Waals surface area contributed by atoms with Crippen LogP contribution in [0.15, 0.2) is 0 Å². The number of rotatable bonds is 0. The van der Waals surface area contributed by atoms with Gasteiger partial charge in [0.15, 0.2) is 0 Å². The molecule has 0 spiro atoms. The molecule has 0 unspecified atom stereocenters. The summed E-state index contributed by atoms with van der Waals surface area (Å²) in [6.45, 7) is 21.0. The molecule has 8 heteroatoms. The third-order valence-electron chi connectivity index (χ3n) is 0. The molecular weight excluding hydrogens is 300 g/mol. The van der Waals surface area contributed by atoms with Crippen LogP contribution in [-0.4, -0.2) is 45.5 Å². The topological polar surface area (TPSA) is 143 Å². The molecule has 14 heavy (non-hydrogen) atoms. The molecule has 0 aliphatic carbocycles. The van der Waals surface area contributed by atoms with Gasteiger partial charge in [-0.2, -0.15) is 0 Å². The summed E-state index contributed by atoms with van der Waals surface area (Å²) in [6.07, 6.45) is 0. The molecule has 0 atom stereocenters. The maximum atomic E-state index is 6.50. The molecule has 0 aliphatic rings. The molecule has 0 N–H and O–H groups in total. The minimum absolute atomic E-state index is 0. The standard InChI is InChI=1S/6CHN.Fe.Sr.2H/c6*1-2;;;;/h6*1H;;;;. The Morgan fingerprint density at radius 1 is 0.357 bits per heavy atom. The first-order chi connectivity index (χ1) is 6.00. The van der Waals surface area contributed by atoms with Gasteiger partial charge >= 0.3 is 45.5 Å². The second kappa shape index (κ2) is 1270. The Kier molecular flexibility index (Phi) is 6870. The summed E-state index contributed by atoms with van der Waals surface area (Å²) < 4.78 is 0. The van der Waals surface area contributed by atoms with Crippen LogP contribution in [0.5, 0.6) is 0 Å². The molecule has 0 aromatic heterocycles. The summed E-state index contributed by atoms with van der Waals surface area (Å²) in [6, 6.07) is 0. The van der Waals surface area contributed by atoms with Crippen molar-refractivity contribution in [3.8, 4) is 39.4 Å². The van der Waals surface area contributed by atoms with Crippen molar-refractivity contribution in [3.63, 3.8) is 0 Å². The zero-order valence-electron chi connectivity index (χ0n) is 6.50. The Morgan fingerprint density at radius 3 is 0.357 bits per heavy atom. The van der Waals surface area contributed by atoms with Gasteiger partial charge in [-0.05, 0) is 0 Å². The third kappa shape index (κ3) is 962. The molecule has 0 heterocycles. The van der Waals surface area contributed by atoms with Gasteiger partial charge in [-0.15, -0.1) is 0 Å². The Morgan fingerprint density at radius 2 is 0.357 bits per heavy atom. The number of hydrogen-bond acceptors (Lipinski definition) is 6. The fraction of sp³-hybridized carbons (Fsp3) is 0. The van der Waals surface area contributed by atoms with Gasteiger partial charge in [0.25, 0.3) is 0 Å². The van der Waals surface area contributed by atoms with E-state index in [2.05, 4.69) is 39.4 Å². The summed E-state index contributed by atoms with van der Waals surface area (Å²) >= 11 is 0. The number of nitrogens with zero attached hydrogens (tertiary/aromatic N) is 6. The molecule has 0 aromatic carbocycles. The van der Waals surface area contributed by atoms with Crippen molar-refractivity contribution < 1.29 is 17.1 Å². The first-order valence-corrected chi connectivity index (χ1v) is 1.55. The maximum absolute atomic E-state index is 6.50. The van der Waals surface area contributed by atoms with E-state index in [1.54, 1.807) is 0 Å². The van der Waals surface area contributed by atoms with Gasteiger partial charge < -0.3 is 0 Å². The van der Waals surface area contributed by atoms with Crippen LogP contribution in [0.25, 0.3) is 0 Å². The van der Waals surface area contributed by atoms with E-state index in [1.807, 2.05) is 0 Å². The molecule has 0 aromatic rings. The van der Waals surface area contributed by atoms with E-state index in [-0.39, 0.29) is 62.6 Å². The van der Waals surface area contributed by atoms with Gasteiger partial charge in [0.1, 0.15) is 0 Å². The van der Waals surface area contributed by atoms with Crippen molar-refractivity contribution in [3.05, 3.63) is 0 Å². The molecule has 0 fully saturated rings. The number of hydrogen-bond donors (Lipinski definition) is 0. The second-order valence-corrected chi connectivity index (χ2v) is 0. The summed E-state index contributed by atoms with van der Waals surface area (Å²) in [5.74, 6) is 0. The van der Waals surface area contributed by atoms with Gasteiger partial charge in [0.05, 0.1) is 0 Å². The predicted octanol–water partition coefficient (Wildman–Crippen LogP) is -0.0800. The van der Waals surface area contributed by atoms with Crippen molar-refractivity contribution in [1.29, 1.82) is 31.6 Å². The van der Waals surface area contributed by atoms with Crippen LogP contribution in [0.1, 0.15) is 0 Å². The molecule has 72 valence electrons. The third-order valence-corrected chi connectivity index (χ3v) is 0. The van der Waals surface area contributed by atoms with Crippen LogP contribution in [0.2, 0.25) is 0 Å². The average molecular weight is 308 g/mol. The summed E-state index contributed by atoms with van der Waals surface area (Å²) in [5.41, 5.74) is 0. The Labute approximate surface area is 132 Å². The van der Waals surface area contributed by atoms with Crippen LogP contribution < -0.4 is 0 Å². The Balaban J connectivity index is -0.00000000500. The Hall–Kier alpha value is -1.06. The zero-order chi connectivity index (χ0) is 12.0. The summed E-state index contributed by atoms with van der Waals surface area (Å²) in [4.78, 5) is 0. The van der Waals surface area contributed by atoms with Gasteiger partial charge in [-0.1, -0.05) is 0 Å². The zero-order valence-corrected chi connectivity index (χ0v) is 7.61. The molecule has 0 saturated heterocycles. The number of nitriles is 6. The van der Waals surface area contributed by atoms with E-state index in [9.17, 15) is 0 Å². The van der Waals surface area contributed by atoms with E-state index < -0.39 is 0 Å². The van der Waals surface area contributed by atoms with E-state index in [4.69, 9.17) is 31.6 Å². The van der Waals surface area contributed by atoms with Crippen LogP contribution in [0.4, 0.5) is 0 Å². The minimum atomic E-state index is 0. The van der Waals surface area contributed by atoms with E-state index in [0.717, 1.165) is 0 Å². The molecule has 0 rings (SSSR count). The van der Waals surface area contributed by atoms with Crippen molar-refractivity contribution >= 4 is 45.5 Å². The van der Waals surface area contributed by atoms with E-state index in [0.29, 0.717) is 0 Å². The van der Waals surface area contributed by atoms with Crippen molar-refractivity contribution in [2.75, 3.05) is 0 Å². The molecule has 0 amide bonds. The monoisotopic (exact) mass is 308 g/mol. The predicted molar refractivity (Wildman–Crippen MR) is 48.6 cm³/mol. The SMILES string of the molecule is C#N.C#N.C#N.C#N.C#N.C#N.[Fe].[SrH2]. The molecule has 0 radical (unpaired) electrons. The van der Waals surface area contributed by atoms with Gasteiger partial charge in [-0.25, -0.2) is 31.6 Å². The van der Waals surface area contributed by atoms with Crippen LogP contribution in [0.3, 0.4) is 0 Å². The van der Waals surface area contributed by atoms with Crippen molar-refractivity contribution in [2.45, 2.75) is 0 Å². The molecule has 0 aliphatic heterocycles. The second-order valence-electron chi connectivity index (χ2n) is 0. The van der Waals surface area contributed by atoms with Crippen LogP contribution >= 0.6 is 0 Å². The molecule has 0 saturated carbocycles. The van der Waals surface area contributed by atoms with Crippen molar-refractivity contribution in [1.82, 2.24) is 0 Å². The van der Waals surface area contributed by atoms with Crippen LogP contribution in [0, 0.1) is 71.0 Å². The molecular formula is C6H8FeN6Sr. The van der Waals surface area contributed by atoms with Crippen molar-refractivity contribution in [2.24, 2.45) is 0 Å². The normalized spacial score (nSPS) is 0.857. The summed E-state index contributed by atoms with van der Waals surface area (Å²) in [5, 5.41) is 39.0. The van der Waals surface area contributed by atoms with Gasteiger partial charge in [0, 0.05) is 56.5 Å². The molecule has 6 nitrogen and oxygen atoms in total. The fourth-order valence-electron chi connectivity index (χ4n) is 0. The first-order valence-electron chi connectivity index (χ1n) is 1.55. The summed E-state index contributed by atoms with van der Waals surface area (Å²) in [7, 11) is 0. The van der Waals surface area contributed by atoms with E-state index in [1.165, 1.54) is 0 Å². The first kappa shape index (κ1) is 75.6.